The van der Waals surface area contributed by atoms with Crippen molar-refractivity contribution in [2.24, 2.45) is 5.92 Å². The van der Waals surface area contributed by atoms with Crippen LogP contribution in [0.15, 0.2) is 28.5 Å². The zero-order valence-electron chi connectivity index (χ0n) is 21.7. The first-order chi connectivity index (χ1) is 18.2. The van der Waals surface area contributed by atoms with E-state index in [1.165, 1.54) is 9.87 Å². The van der Waals surface area contributed by atoms with Gasteiger partial charge in [0.05, 0.1) is 27.8 Å². The average Bonchev–Trinajstić information content (AvgIpc) is 3.56. The predicted octanol–water partition coefficient (Wildman–Crippen LogP) is 4.78. The van der Waals surface area contributed by atoms with Gasteiger partial charge in [-0.05, 0) is 62.4 Å². The summed E-state index contributed by atoms with van der Waals surface area (Å²) >= 11 is 8.59. The molecule has 0 N–H and O–H groups in total. The zero-order chi connectivity index (χ0) is 26.9. The first-order valence-corrected chi connectivity index (χ1v) is 16.4. The average molecular weight is 597 g/mol. The number of fused-ring (bicyclic) bond motifs is 1. The summed E-state index contributed by atoms with van der Waals surface area (Å²) in [6, 6.07) is 7.33. The Bertz CT molecular complexity index is 1390. The van der Waals surface area contributed by atoms with E-state index < -0.39 is 10.0 Å². The number of benzene rings is 1. The number of hydrogen-bond acceptors (Lipinski definition) is 8. The van der Waals surface area contributed by atoms with Crippen molar-refractivity contribution in [3.63, 3.8) is 0 Å². The lowest BCUT2D eigenvalue weighted by Crippen LogP contribution is -2.45. The number of anilines is 1. The molecule has 0 aliphatic carbocycles. The highest BCUT2D eigenvalue weighted by Gasteiger charge is 2.35. The number of morpholine rings is 1. The van der Waals surface area contributed by atoms with E-state index in [0.29, 0.717) is 36.8 Å². The highest BCUT2D eigenvalue weighted by molar-refractivity contribution is 7.91. The number of ether oxygens (including phenoxy) is 1. The van der Waals surface area contributed by atoms with Crippen molar-refractivity contribution in [3.05, 3.63) is 39.7 Å². The molecule has 206 valence electrons. The van der Waals surface area contributed by atoms with Crippen LogP contribution in [0.1, 0.15) is 30.4 Å². The van der Waals surface area contributed by atoms with Gasteiger partial charge in [0.25, 0.3) is 10.0 Å². The molecule has 0 saturated carbocycles. The number of sulfonamides is 1. The molecule has 0 atom stereocenters. The molecule has 5 rings (SSSR count). The number of carbonyl (C=O) groups is 1. The Hall–Kier alpha value is -1.60. The molecule has 0 spiro atoms. The fourth-order valence-electron chi connectivity index (χ4n) is 5.03. The number of rotatable bonds is 8. The highest BCUT2D eigenvalue weighted by Crippen LogP contribution is 2.35. The van der Waals surface area contributed by atoms with Crippen LogP contribution < -0.4 is 4.90 Å². The second-order valence-corrected chi connectivity index (χ2v) is 14.8. The molecule has 2 saturated heterocycles. The third-order valence-corrected chi connectivity index (χ3v) is 12.1. The number of hydrogen-bond donors (Lipinski definition) is 0. The first-order valence-electron chi connectivity index (χ1n) is 13.0. The van der Waals surface area contributed by atoms with Gasteiger partial charge in [0.1, 0.15) is 4.21 Å². The molecular formula is C26H33ClN4O4S3. The Balaban J connectivity index is 1.31. The number of piperidine rings is 1. The molecule has 2 aliphatic rings. The van der Waals surface area contributed by atoms with E-state index >= 15 is 0 Å². The summed E-state index contributed by atoms with van der Waals surface area (Å²) in [5.41, 5.74) is 3.27. The van der Waals surface area contributed by atoms with E-state index in [4.69, 9.17) is 21.3 Å². The van der Waals surface area contributed by atoms with Crippen LogP contribution in [0.4, 0.5) is 5.13 Å². The van der Waals surface area contributed by atoms with Gasteiger partial charge < -0.3 is 4.74 Å². The molecular weight excluding hydrogens is 564 g/mol. The Morgan fingerprint density at radius 1 is 1.11 bits per heavy atom. The molecule has 4 heterocycles. The van der Waals surface area contributed by atoms with Crippen LogP contribution in [0.25, 0.3) is 10.2 Å². The molecule has 2 aromatic heterocycles. The van der Waals surface area contributed by atoms with Crippen molar-refractivity contribution in [2.45, 2.75) is 37.3 Å². The molecule has 12 heteroatoms. The van der Waals surface area contributed by atoms with Crippen molar-refractivity contribution in [1.82, 2.24) is 14.2 Å². The van der Waals surface area contributed by atoms with Crippen molar-refractivity contribution in [1.29, 1.82) is 0 Å². The molecule has 2 fully saturated rings. The maximum Gasteiger partial charge on any atom is 0.252 e. The highest BCUT2D eigenvalue weighted by atomic mass is 35.5. The first kappa shape index (κ1) is 27.9. The van der Waals surface area contributed by atoms with E-state index in [2.05, 4.69) is 30.9 Å². The van der Waals surface area contributed by atoms with Crippen LogP contribution in [0, 0.1) is 19.8 Å². The van der Waals surface area contributed by atoms with Gasteiger partial charge in [0, 0.05) is 45.2 Å². The van der Waals surface area contributed by atoms with Crippen molar-refractivity contribution < 1.29 is 17.9 Å². The van der Waals surface area contributed by atoms with Gasteiger partial charge >= 0.3 is 0 Å². The lowest BCUT2D eigenvalue weighted by atomic mass is 9.96. The lowest BCUT2D eigenvalue weighted by molar-refractivity contribution is -0.123. The molecule has 0 bridgehead atoms. The van der Waals surface area contributed by atoms with Gasteiger partial charge in [-0.2, -0.15) is 4.31 Å². The number of thiophene rings is 1. The zero-order valence-corrected chi connectivity index (χ0v) is 24.9. The van der Waals surface area contributed by atoms with E-state index in [9.17, 15) is 13.2 Å². The largest absolute Gasteiger partial charge is 0.379 e. The third-order valence-electron chi connectivity index (χ3n) is 7.48. The minimum Gasteiger partial charge on any atom is -0.379 e. The molecule has 1 aromatic carbocycles. The van der Waals surface area contributed by atoms with Crippen molar-refractivity contribution >= 4 is 65.6 Å². The second-order valence-electron chi connectivity index (χ2n) is 9.88. The number of aromatic nitrogens is 1. The predicted molar refractivity (Wildman–Crippen MR) is 154 cm³/mol. The summed E-state index contributed by atoms with van der Waals surface area (Å²) in [6.45, 7) is 9.58. The van der Waals surface area contributed by atoms with Gasteiger partial charge in [-0.15, -0.1) is 11.3 Å². The fourth-order valence-corrected chi connectivity index (χ4v) is 9.20. The van der Waals surface area contributed by atoms with Crippen LogP contribution in [-0.2, 0) is 19.6 Å². The lowest BCUT2D eigenvalue weighted by Gasteiger charge is -2.33. The second kappa shape index (κ2) is 11.9. The minimum absolute atomic E-state index is 0.0385. The Kier molecular flexibility index (Phi) is 8.73. The number of aryl methyl sites for hydroxylation is 2. The van der Waals surface area contributed by atoms with Gasteiger partial charge in [-0.25, -0.2) is 13.4 Å². The summed E-state index contributed by atoms with van der Waals surface area (Å²) in [4.78, 5) is 23.1. The molecule has 38 heavy (non-hydrogen) atoms. The van der Waals surface area contributed by atoms with E-state index in [1.54, 1.807) is 23.5 Å². The number of nitrogens with zero attached hydrogens (tertiary/aromatic N) is 4. The van der Waals surface area contributed by atoms with Crippen molar-refractivity contribution in [2.75, 3.05) is 57.4 Å². The van der Waals surface area contributed by atoms with E-state index in [0.717, 1.165) is 71.5 Å². The minimum atomic E-state index is -3.60. The summed E-state index contributed by atoms with van der Waals surface area (Å²) in [7, 11) is -3.60. The monoisotopic (exact) mass is 596 g/mol. The third kappa shape index (κ3) is 5.94. The van der Waals surface area contributed by atoms with Crippen LogP contribution in [-0.4, -0.2) is 81.0 Å². The Labute approximate surface area is 237 Å². The van der Waals surface area contributed by atoms with Gasteiger partial charge in [0.15, 0.2) is 5.13 Å². The SMILES string of the molecule is Cc1ccc2sc(N(CCCN3CCOCC3)C(=O)C3CCN(S(=O)(=O)c4ccc(Cl)s4)CC3)nc2c1C. The summed E-state index contributed by atoms with van der Waals surface area (Å²) < 4.78 is 34.8. The summed E-state index contributed by atoms with van der Waals surface area (Å²) in [5, 5.41) is 0.726. The van der Waals surface area contributed by atoms with Crippen LogP contribution in [0.2, 0.25) is 4.34 Å². The number of halogens is 1. The summed E-state index contributed by atoms with van der Waals surface area (Å²) in [6.07, 6.45) is 1.81. The van der Waals surface area contributed by atoms with Gasteiger partial charge in [0.2, 0.25) is 5.91 Å². The molecule has 0 unspecified atom stereocenters. The Morgan fingerprint density at radius 3 is 2.53 bits per heavy atom. The maximum absolute atomic E-state index is 13.9. The molecule has 8 nitrogen and oxygen atoms in total. The molecule has 2 aliphatic heterocycles. The van der Waals surface area contributed by atoms with Crippen LogP contribution >= 0.6 is 34.3 Å². The van der Waals surface area contributed by atoms with Gasteiger partial charge in [-0.3, -0.25) is 14.6 Å². The van der Waals surface area contributed by atoms with Crippen LogP contribution in [0.3, 0.4) is 0 Å². The van der Waals surface area contributed by atoms with Gasteiger partial charge in [-0.1, -0.05) is 29.0 Å². The fraction of sp³-hybridized carbons (Fsp3) is 0.538. The van der Waals surface area contributed by atoms with E-state index in [1.807, 2.05) is 4.90 Å². The quantitative estimate of drug-likeness (QED) is 0.372. The Morgan fingerprint density at radius 2 is 1.84 bits per heavy atom. The molecule has 1 amide bonds. The van der Waals surface area contributed by atoms with Crippen molar-refractivity contribution in [3.8, 4) is 0 Å². The van der Waals surface area contributed by atoms with Crippen LogP contribution in [0.5, 0.6) is 0 Å². The van der Waals surface area contributed by atoms with E-state index in [-0.39, 0.29) is 16.0 Å². The smallest absolute Gasteiger partial charge is 0.252 e. The normalized spacial score (nSPS) is 18.3. The number of thiazole rings is 1. The standard InChI is InChI=1S/C26H33ClN4O4S3/c1-18-4-5-21-24(19(18)2)28-26(36-21)31(11-3-10-29-14-16-35-17-15-29)25(32)20-8-12-30(13-9-20)38(33,34)23-7-6-22(27)37-23/h4-7,20H,3,8-17H2,1-2H3. The molecule has 3 aromatic rings. The number of amides is 1. The molecule has 0 radical (unpaired) electrons. The number of carbonyl (C=O) groups excluding carboxylic acids is 1. The summed E-state index contributed by atoms with van der Waals surface area (Å²) in [5.74, 6) is -0.205. The maximum atomic E-state index is 13.9. The topological polar surface area (TPSA) is 83.0 Å².